The van der Waals surface area contributed by atoms with Gasteiger partial charge in [-0.25, -0.2) is 8.78 Å². The fourth-order valence-corrected chi connectivity index (χ4v) is 4.89. The van der Waals surface area contributed by atoms with Crippen molar-refractivity contribution in [2.75, 3.05) is 19.8 Å². The fraction of sp³-hybridized carbons (Fsp3) is 0.484. The second kappa shape index (κ2) is 13.6. The smallest absolute Gasteiger partial charge is 0.422 e. The van der Waals surface area contributed by atoms with Gasteiger partial charge in [0.15, 0.2) is 24.5 Å². The number of aryl methyl sites for hydroxylation is 2. The summed E-state index contributed by atoms with van der Waals surface area (Å²) in [5, 5.41) is 1.20. The summed E-state index contributed by atoms with van der Waals surface area (Å²) >= 11 is 0. The van der Waals surface area contributed by atoms with E-state index in [1.807, 2.05) is 18.2 Å². The Hall–Kier alpha value is -2.71. The van der Waals surface area contributed by atoms with Crippen LogP contribution in [0.15, 0.2) is 48.5 Å². The van der Waals surface area contributed by atoms with Crippen LogP contribution < -0.4 is 4.74 Å². The topological polar surface area (TPSA) is 27.7 Å². The lowest BCUT2D eigenvalue weighted by Crippen LogP contribution is -2.27. The van der Waals surface area contributed by atoms with Crippen molar-refractivity contribution < 1.29 is 36.2 Å². The predicted molar refractivity (Wildman–Crippen MR) is 141 cm³/mol. The highest BCUT2D eigenvalue weighted by atomic mass is 19.4. The van der Waals surface area contributed by atoms with Gasteiger partial charge in [-0.2, -0.15) is 13.2 Å². The molecule has 0 radical (unpaired) electrons. The molecule has 0 amide bonds. The van der Waals surface area contributed by atoms with Crippen LogP contribution in [-0.2, 0) is 22.3 Å². The van der Waals surface area contributed by atoms with Gasteiger partial charge in [0.2, 0.25) is 0 Å². The van der Waals surface area contributed by atoms with E-state index in [-0.39, 0.29) is 5.82 Å². The van der Waals surface area contributed by atoms with E-state index in [4.69, 9.17) is 9.47 Å². The molecule has 0 N–H and O–H groups in total. The van der Waals surface area contributed by atoms with Crippen LogP contribution in [0.1, 0.15) is 68.4 Å². The van der Waals surface area contributed by atoms with Gasteiger partial charge >= 0.3 is 6.18 Å². The molecule has 0 saturated carbocycles. The van der Waals surface area contributed by atoms with Crippen molar-refractivity contribution in [2.45, 2.75) is 70.8 Å². The SMILES string of the molecule is CCCCCCCC1COC(c2ccc3c(F)c(CCc4ccc(OCC(F)(F)F)c(F)c4)ccc3c2)OC1. The molecule has 1 heterocycles. The average molecular weight is 551 g/mol. The summed E-state index contributed by atoms with van der Waals surface area (Å²) in [5.74, 6) is -1.29. The third-order valence-corrected chi connectivity index (χ3v) is 7.08. The van der Waals surface area contributed by atoms with Gasteiger partial charge in [-0.15, -0.1) is 0 Å². The molecule has 8 heteroatoms. The number of ether oxygens (including phenoxy) is 3. The third-order valence-electron chi connectivity index (χ3n) is 7.08. The quantitative estimate of drug-likeness (QED) is 0.167. The lowest BCUT2D eigenvalue weighted by atomic mass is 9.98. The van der Waals surface area contributed by atoms with Crippen LogP contribution in [0.25, 0.3) is 10.8 Å². The molecular weight excluding hydrogens is 515 g/mol. The van der Waals surface area contributed by atoms with E-state index in [1.54, 1.807) is 12.1 Å². The zero-order valence-electron chi connectivity index (χ0n) is 22.2. The molecule has 0 bridgehead atoms. The second-order valence-electron chi connectivity index (χ2n) is 10.3. The molecule has 0 unspecified atom stereocenters. The van der Waals surface area contributed by atoms with Crippen molar-refractivity contribution in [1.29, 1.82) is 0 Å². The van der Waals surface area contributed by atoms with Crippen LogP contribution in [-0.4, -0.2) is 26.0 Å². The largest absolute Gasteiger partial charge is 0.481 e. The second-order valence-corrected chi connectivity index (χ2v) is 10.3. The normalized spacial score (nSPS) is 18.0. The van der Waals surface area contributed by atoms with Crippen LogP contribution >= 0.6 is 0 Å². The Kier molecular flexibility index (Phi) is 10.2. The Labute approximate surface area is 226 Å². The van der Waals surface area contributed by atoms with Crippen LogP contribution in [0.5, 0.6) is 5.75 Å². The monoisotopic (exact) mass is 550 g/mol. The third kappa shape index (κ3) is 8.39. The number of rotatable bonds is 12. The van der Waals surface area contributed by atoms with Gasteiger partial charge in [-0.3, -0.25) is 0 Å². The van der Waals surface area contributed by atoms with Gasteiger partial charge in [-0.05, 0) is 54.0 Å². The van der Waals surface area contributed by atoms with Gasteiger partial charge < -0.3 is 14.2 Å². The molecule has 1 fully saturated rings. The summed E-state index contributed by atoms with van der Waals surface area (Å²) in [6.45, 7) is 1.95. The van der Waals surface area contributed by atoms with E-state index in [1.165, 1.54) is 44.2 Å². The molecule has 1 aliphatic heterocycles. The molecule has 0 spiro atoms. The first-order chi connectivity index (χ1) is 18.7. The molecule has 0 atom stereocenters. The lowest BCUT2D eigenvalue weighted by Gasteiger charge is -2.30. The Morgan fingerprint density at radius 3 is 2.36 bits per heavy atom. The summed E-state index contributed by atoms with van der Waals surface area (Å²) in [5.41, 5.74) is 1.85. The van der Waals surface area contributed by atoms with Gasteiger partial charge in [0.1, 0.15) is 5.82 Å². The molecule has 1 saturated heterocycles. The maximum atomic E-state index is 15.3. The predicted octanol–water partition coefficient (Wildman–Crippen LogP) is 8.87. The molecule has 4 rings (SSSR count). The van der Waals surface area contributed by atoms with Crippen molar-refractivity contribution in [1.82, 2.24) is 0 Å². The molecule has 3 aromatic carbocycles. The molecule has 1 aliphatic rings. The molecule has 0 aromatic heterocycles. The number of hydrogen-bond donors (Lipinski definition) is 0. The lowest BCUT2D eigenvalue weighted by molar-refractivity contribution is -0.206. The molecule has 212 valence electrons. The summed E-state index contributed by atoms with van der Waals surface area (Å²) in [4.78, 5) is 0. The molecule has 39 heavy (non-hydrogen) atoms. The van der Waals surface area contributed by atoms with Gasteiger partial charge in [0.05, 0.1) is 13.2 Å². The Morgan fingerprint density at radius 2 is 1.64 bits per heavy atom. The Morgan fingerprint density at radius 1 is 0.872 bits per heavy atom. The minimum Gasteiger partial charge on any atom is -0.481 e. The van der Waals surface area contributed by atoms with E-state index in [0.717, 1.165) is 23.4 Å². The fourth-order valence-electron chi connectivity index (χ4n) is 4.89. The average Bonchev–Trinajstić information content (AvgIpc) is 2.92. The number of hydrogen-bond acceptors (Lipinski definition) is 3. The highest BCUT2D eigenvalue weighted by Gasteiger charge is 2.29. The maximum Gasteiger partial charge on any atom is 0.422 e. The van der Waals surface area contributed by atoms with Crippen molar-refractivity contribution >= 4 is 10.8 Å². The highest BCUT2D eigenvalue weighted by Crippen LogP contribution is 2.31. The standard InChI is InChI=1S/C31H35F5O3/c1-2-3-4-5-6-7-22-18-37-30(38-19-22)25-13-14-26-24(17-25)12-11-23(29(26)33)10-8-21-9-15-28(27(32)16-21)39-20-31(34,35)36/h9,11-17,22,30H,2-8,10,18-20H2,1H3. The van der Waals surface area contributed by atoms with Crippen LogP contribution in [0.4, 0.5) is 22.0 Å². The minimum absolute atomic E-state index is 0.306. The van der Waals surface area contributed by atoms with E-state index < -0.39 is 30.6 Å². The molecule has 3 nitrogen and oxygen atoms in total. The maximum absolute atomic E-state index is 15.3. The van der Waals surface area contributed by atoms with Crippen molar-refractivity contribution in [3.8, 4) is 5.75 Å². The van der Waals surface area contributed by atoms with Crippen molar-refractivity contribution in [3.63, 3.8) is 0 Å². The van der Waals surface area contributed by atoms with E-state index >= 15 is 4.39 Å². The first-order valence-electron chi connectivity index (χ1n) is 13.7. The number of halogens is 5. The number of unbranched alkanes of at least 4 members (excludes halogenated alkanes) is 4. The van der Waals surface area contributed by atoms with E-state index in [9.17, 15) is 17.6 Å². The number of benzene rings is 3. The van der Waals surface area contributed by atoms with Crippen LogP contribution in [0.2, 0.25) is 0 Å². The molecule has 3 aromatic rings. The first-order valence-corrected chi connectivity index (χ1v) is 13.7. The first kappa shape index (κ1) is 29.3. The van der Waals surface area contributed by atoms with Crippen molar-refractivity contribution in [2.24, 2.45) is 5.92 Å². The Bertz CT molecular complexity index is 1220. The van der Waals surface area contributed by atoms with Crippen LogP contribution in [0, 0.1) is 17.6 Å². The van der Waals surface area contributed by atoms with Crippen molar-refractivity contribution in [3.05, 3.63) is 76.9 Å². The minimum atomic E-state index is -4.55. The zero-order valence-corrected chi connectivity index (χ0v) is 22.2. The zero-order chi connectivity index (χ0) is 27.8. The summed E-state index contributed by atoms with van der Waals surface area (Å²) in [6.07, 6.45) is 2.94. The van der Waals surface area contributed by atoms with E-state index in [2.05, 4.69) is 11.7 Å². The number of alkyl halides is 3. The Balaban J connectivity index is 1.32. The summed E-state index contributed by atoms with van der Waals surface area (Å²) < 4.78 is 82.8. The molecular formula is C31H35F5O3. The summed E-state index contributed by atoms with van der Waals surface area (Å²) in [6, 6.07) is 12.7. The van der Waals surface area contributed by atoms with E-state index in [0.29, 0.717) is 48.5 Å². The number of fused-ring (bicyclic) bond motifs is 1. The summed E-state index contributed by atoms with van der Waals surface area (Å²) in [7, 11) is 0. The van der Waals surface area contributed by atoms with Gasteiger partial charge in [-0.1, -0.05) is 69.4 Å². The van der Waals surface area contributed by atoms with Crippen LogP contribution in [0.3, 0.4) is 0 Å². The molecule has 0 aliphatic carbocycles. The van der Waals surface area contributed by atoms with Gasteiger partial charge in [0, 0.05) is 16.9 Å². The van der Waals surface area contributed by atoms with Gasteiger partial charge in [0.25, 0.3) is 0 Å². The highest BCUT2D eigenvalue weighted by molar-refractivity contribution is 5.84.